The first-order chi connectivity index (χ1) is 28.2. The molecule has 0 spiro atoms. The molecule has 0 fully saturated rings. The van der Waals surface area contributed by atoms with Crippen molar-refractivity contribution in [1.29, 1.82) is 0 Å². The second kappa shape index (κ2) is 25.8. The molecule has 0 aromatic carbocycles. The number of amidine groups is 1. The predicted octanol–water partition coefficient (Wildman–Crippen LogP) is 4.28. The van der Waals surface area contributed by atoms with Crippen molar-refractivity contribution >= 4 is 53.2 Å². The van der Waals surface area contributed by atoms with Gasteiger partial charge < -0.3 is 29.8 Å². The number of aldehydes is 2. The van der Waals surface area contributed by atoms with Crippen LogP contribution < -0.4 is 5.32 Å². The summed E-state index contributed by atoms with van der Waals surface area (Å²) in [5.41, 5.74) is 1.45. The number of aromatic nitrogens is 3. The van der Waals surface area contributed by atoms with Gasteiger partial charge in [0.15, 0.2) is 11.6 Å². The van der Waals surface area contributed by atoms with Crippen molar-refractivity contribution in [2.24, 2.45) is 4.99 Å². The third-order valence-corrected chi connectivity index (χ3v) is 8.17. The van der Waals surface area contributed by atoms with Gasteiger partial charge in [0.05, 0.1) is 21.0 Å². The minimum Gasteiger partial charge on any atom is -0.378 e. The molecule has 3 heterocycles. The Hall–Kier alpha value is -6.45. The predicted molar refractivity (Wildman–Crippen MR) is 227 cm³/mol. The third-order valence-electron chi connectivity index (χ3n) is 7.50. The third kappa shape index (κ3) is 17.2. The van der Waals surface area contributed by atoms with Gasteiger partial charge in [0.25, 0.3) is 0 Å². The molecule has 3 aromatic heterocycles. The lowest BCUT2D eigenvalue weighted by molar-refractivity contribution is -0.420. The molecule has 24 heteroatoms. The Balaban J connectivity index is 0.000000451. The fourth-order valence-corrected chi connectivity index (χ4v) is 5.44. The first kappa shape index (κ1) is 51.6. The van der Waals surface area contributed by atoms with E-state index in [0.29, 0.717) is 40.9 Å². The smallest absolute Gasteiger partial charge is 0.348 e. The molecule has 324 valence electrons. The van der Waals surface area contributed by atoms with E-state index in [-0.39, 0.29) is 29.9 Å². The quantitative estimate of drug-likeness (QED) is 0.0378. The van der Waals surface area contributed by atoms with E-state index in [2.05, 4.69) is 25.3 Å². The summed E-state index contributed by atoms with van der Waals surface area (Å²) in [5, 5.41) is 36.7. The van der Waals surface area contributed by atoms with Crippen LogP contribution in [0.15, 0.2) is 94.9 Å². The van der Waals surface area contributed by atoms with Crippen molar-refractivity contribution in [2.45, 2.75) is 19.6 Å². The van der Waals surface area contributed by atoms with Crippen LogP contribution >= 0.6 is 34.8 Å². The minimum absolute atomic E-state index is 0.0630. The highest BCUT2D eigenvalue weighted by Gasteiger charge is 2.25. The molecule has 60 heavy (non-hydrogen) atoms. The number of carbonyl (C=O) groups is 2. The van der Waals surface area contributed by atoms with Crippen LogP contribution in [0.1, 0.15) is 16.7 Å². The molecular formula is C36H46Cl3N13O8. The highest BCUT2D eigenvalue weighted by molar-refractivity contribution is 6.29. The van der Waals surface area contributed by atoms with Crippen molar-refractivity contribution in [1.82, 2.24) is 44.8 Å². The van der Waals surface area contributed by atoms with Gasteiger partial charge in [0.2, 0.25) is 18.4 Å². The topological polar surface area (TPSA) is 243 Å². The van der Waals surface area contributed by atoms with E-state index in [0.717, 1.165) is 16.7 Å². The van der Waals surface area contributed by atoms with Gasteiger partial charge in [-0.3, -0.25) is 44.9 Å². The maximum atomic E-state index is 11.2. The van der Waals surface area contributed by atoms with Gasteiger partial charge >= 0.3 is 17.1 Å². The van der Waals surface area contributed by atoms with Gasteiger partial charge in [-0.25, -0.2) is 15.0 Å². The number of nitro groups is 3. The summed E-state index contributed by atoms with van der Waals surface area (Å²) in [4.78, 5) is 76.5. The zero-order valence-corrected chi connectivity index (χ0v) is 36.6. The van der Waals surface area contributed by atoms with Crippen LogP contribution in [0.3, 0.4) is 0 Å². The van der Waals surface area contributed by atoms with E-state index >= 15 is 0 Å². The van der Waals surface area contributed by atoms with E-state index in [9.17, 15) is 39.9 Å². The van der Waals surface area contributed by atoms with Gasteiger partial charge in [0.1, 0.15) is 15.5 Å². The molecule has 0 saturated carbocycles. The van der Waals surface area contributed by atoms with Crippen molar-refractivity contribution in [3.63, 3.8) is 0 Å². The summed E-state index contributed by atoms with van der Waals surface area (Å²) in [6.45, 7) is 1.16. The molecule has 1 N–H and O–H groups in total. The van der Waals surface area contributed by atoms with Gasteiger partial charge in [-0.05, 0) is 34.9 Å². The Kier molecular flexibility index (Phi) is 22.2. The molecule has 0 atom stereocenters. The summed E-state index contributed by atoms with van der Waals surface area (Å²) in [6, 6.07) is 10.3. The maximum absolute atomic E-state index is 11.2. The summed E-state index contributed by atoms with van der Waals surface area (Å²) in [5.74, 6) is 0.651. The molecule has 0 bridgehead atoms. The molecule has 21 nitrogen and oxygen atoms in total. The molecule has 0 saturated heterocycles. The number of likely N-dealkylation sites (N-methyl/N-ethyl adjacent to an activating group) is 1. The Morgan fingerprint density at radius 1 is 0.667 bits per heavy atom. The molecule has 0 radical (unpaired) electrons. The van der Waals surface area contributed by atoms with Crippen LogP contribution in [0.5, 0.6) is 0 Å². The van der Waals surface area contributed by atoms with Crippen LogP contribution in [0.2, 0.25) is 15.5 Å². The largest absolute Gasteiger partial charge is 0.378 e. The Morgan fingerprint density at radius 3 is 1.35 bits per heavy atom. The second-order valence-corrected chi connectivity index (χ2v) is 13.8. The lowest BCUT2D eigenvalue weighted by Crippen LogP contribution is -2.31. The van der Waals surface area contributed by atoms with E-state index in [1.165, 1.54) is 25.2 Å². The molecule has 0 aliphatic carbocycles. The number of hydrogen-bond acceptors (Lipinski definition) is 17. The molecular weight excluding hydrogens is 849 g/mol. The van der Waals surface area contributed by atoms with Gasteiger partial charge in [-0.1, -0.05) is 53.0 Å². The van der Waals surface area contributed by atoms with Crippen molar-refractivity contribution in [3.8, 4) is 0 Å². The van der Waals surface area contributed by atoms with E-state index < -0.39 is 26.2 Å². The number of nitrogens with zero attached hydrogens (tertiary/aromatic N) is 12. The fraction of sp³-hybridized carbons (Fsp3) is 0.333. The highest BCUT2D eigenvalue weighted by Crippen LogP contribution is 2.16. The number of allylic oxidation sites excluding steroid dienone is 2. The Labute approximate surface area is 361 Å². The number of nitrogens with one attached hydrogen (secondary N) is 1. The second-order valence-electron chi connectivity index (χ2n) is 12.7. The number of halogens is 3. The zero-order valence-electron chi connectivity index (χ0n) is 34.3. The standard InChI is InChI=1S/C13H18ClN5O2.C12H15ClN4O3.C11H13ClN4O3/c1-15-13(11(19(20)21)9-17(2)3)18(4)8-10-5-6-12(14)16-7-10;1-15(2)12(10(8-18)17(19)20)16(3)7-9-4-5-11(13)14-6-9;1-13-11(9(7-17)16(18)19)15(2)6-8-3-4-10(12)14-5-8/h5-7,9H,8H2,1-4H3;4-6,8H,7H2,1-3H3;3-5,7,13H,6H2,1-2H3/b11-9+,15-13?;12-10+;11-9+. The van der Waals surface area contributed by atoms with Crippen molar-refractivity contribution in [2.75, 3.05) is 63.4 Å². The SMILES string of the molecule is CN(C)/C(=C(/C=O)[N+](=O)[O-])N(C)Cc1ccc(Cl)nc1.CN/C(=C(/C=O)[N+](=O)[O-])N(C)Cc1ccc(Cl)nc1.CN=C(/C(=C\N(C)C)[N+](=O)[O-])N(C)Cc1ccc(Cl)nc1. The average Bonchev–Trinajstić information content (AvgIpc) is 3.18. The van der Waals surface area contributed by atoms with Gasteiger partial charge in [-0.15, -0.1) is 0 Å². The number of hydrogen-bond donors (Lipinski definition) is 1. The lowest BCUT2D eigenvalue weighted by Gasteiger charge is -2.26. The van der Waals surface area contributed by atoms with E-state index in [1.807, 2.05) is 6.07 Å². The molecule has 0 aliphatic rings. The van der Waals surface area contributed by atoms with Crippen LogP contribution in [-0.4, -0.2) is 136 Å². The number of rotatable bonds is 17. The van der Waals surface area contributed by atoms with Crippen molar-refractivity contribution in [3.05, 3.63) is 152 Å². The van der Waals surface area contributed by atoms with Crippen molar-refractivity contribution < 1.29 is 24.4 Å². The maximum Gasteiger partial charge on any atom is 0.348 e. The van der Waals surface area contributed by atoms with Crippen LogP contribution in [0.25, 0.3) is 0 Å². The van der Waals surface area contributed by atoms with Crippen LogP contribution in [0, 0.1) is 30.3 Å². The summed E-state index contributed by atoms with van der Waals surface area (Å²) in [6.07, 6.45) is 6.67. The van der Waals surface area contributed by atoms with Crippen LogP contribution in [0.4, 0.5) is 0 Å². The normalized spacial score (nSPS) is 11.8. The first-order valence-corrected chi connectivity index (χ1v) is 18.3. The monoisotopic (exact) mass is 893 g/mol. The van der Waals surface area contributed by atoms with E-state index in [4.69, 9.17) is 34.8 Å². The summed E-state index contributed by atoms with van der Waals surface area (Å²) < 4.78 is 0. The number of aliphatic imine (C=N–C) groups is 1. The Morgan fingerprint density at radius 2 is 1.07 bits per heavy atom. The molecule has 3 rings (SSSR count). The Bertz CT molecular complexity index is 2050. The summed E-state index contributed by atoms with van der Waals surface area (Å²) >= 11 is 17.1. The number of pyridine rings is 3. The van der Waals surface area contributed by atoms with E-state index in [1.54, 1.807) is 118 Å². The zero-order chi connectivity index (χ0) is 45.7. The summed E-state index contributed by atoms with van der Waals surface area (Å²) in [7, 11) is 14.8. The fourth-order valence-electron chi connectivity index (χ4n) is 5.11. The molecule has 3 aromatic rings. The molecule has 0 unspecified atom stereocenters. The first-order valence-electron chi connectivity index (χ1n) is 17.2. The average molecular weight is 895 g/mol. The number of carbonyl (C=O) groups excluding carboxylic acids is 2. The van der Waals surface area contributed by atoms with Crippen LogP contribution in [-0.2, 0) is 29.2 Å². The van der Waals surface area contributed by atoms with Gasteiger partial charge in [0, 0.05) is 102 Å². The molecule has 0 amide bonds. The highest BCUT2D eigenvalue weighted by atomic mass is 35.5. The lowest BCUT2D eigenvalue weighted by atomic mass is 10.2. The minimum atomic E-state index is -0.727. The molecule has 0 aliphatic heterocycles. The van der Waals surface area contributed by atoms with Gasteiger partial charge in [-0.2, -0.15) is 0 Å².